The van der Waals surface area contributed by atoms with Crippen LogP contribution in [0.3, 0.4) is 0 Å². The molecule has 18 rings (SSSR count). The van der Waals surface area contributed by atoms with Gasteiger partial charge in [0.15, 0.2) is 0 Å². The number of hydrogen-bond donors (Lipinski definition) is 0. The highest BCUT2D eigenvalue weighted by Gasteiger charge is 2.46. The van der Waals surface area contributed by atoms with Gasteiger partial charge in [-0.3, -0.25) is 0 Å². The summed E-state index contributed by atoms with van der Waals surface area (Å²) in [4.78, 5) is 4.10. The Morgan fingerprint density at radius 2 is 0.840 bits per heavy atom. The smallest absolute Gasteiger partial charge is 0.252 e. The van der Waals surface area contributed by atoms with Crippen LogP contribution in [0.2, 0.25) is 0 Å². The van der Waals surface area contributed by atoms with Gasteiger partial charge in [0.1, 0.15) is 11.6 Å². The molecule has 7 heteroatoms. The van der Waals surface area contributed by atoms with Crippen LogP contribution in [-0.4, -0.2) is 20.4 Å². The molecule has 0 spiro atoms. The molecule has 0 N–H and O–H groups in total. The predicted molar refractivity (Wildman–Crippen MR) is 396 cm³/mol. The lowest BCUT2D eigenvalue weighted by molar-refractivity contribution is 0.590. The maximum Gasteiger partial charge on any atom is 0.252 e. The van der Waals surface area contributed by atoms with Gasteiger partial charge in [0.05, 0.1) is 77.6 Å². The molecule has 2 aliphatic heterocycles. The van der Waals surface area contributed by atoms with Gasteiger partial charge in [0.2, 0.25) is 0 Å². The van der Waals surface area contributed by atoms with E-state index in [0.29, 0.717) is 72.9 Å². The van der Waals surface area contributed by atoms with Gasteiger partial charge in [0, 0.05) is 72.0 Å². The fraction of sp³-hybridized carbons (Fsp3) is 0.0920. The fourth-order valence-electron chi connectivity index (χ4n) is 14.4. The third-order valence-corrected chi connectivity index (χ3v) is 18.7. The highest BCUT2D eigenvalue weighted by Crippen LogP contribution is 2.51. The van der Waals surface area contributed by atoms with Gasteiger partial charge >= 0.3 is 0 Å². The summed E-state index contributed by atoms with van der Waals surface area (Å²) in [6.45, 7) is 10.9. The number of anilines is 6. The van der Waals surface area contributed by atoms with Crippen molar-refractivity contribution in [1.29, 1.82) is 5.26 Å². The van der Waals surface area contributed by atoms with Crippen LogP contribution in [0, 0.1) is 11.3 Å². The van der Waals surface area contributed by atoms with Crippen LogP contribution in [0.15, 0.2) is 285 Å². The van der Waals surface area contributed by atoms with E-state index in [2.05, 4.69) is 48.4 Å². The molecule has 6 nitrogen and oxygen atoms in total. The second-order valence-electron chi connectivity index (χ2n) is 26.1. The second kappa shape index (κ2) is 20.7. The average molecular weight is 1230 g/mol. The summed E-state index contributed by atoms with van der Waals surface area (Å²) < 4.78 is 192. The van der Waals surface area contributed by atoms with E-state index in [0.717, 1.165) is 27.4 Å². The van der Waals surface area contributed by atoms with Crippen LogP contribution in [0.1, 0.15) is 85.6 Å². The lowest BCUT2D eigenvalue weighted by atomic mass is 9.33. The zero-order valence-corrected chi connectivity index (χ0v) is 51.8. The maximum absolute atomic E-state index is 12.3. The number of para-hydroxylation sites is 6. The Balaban J connectivity index is 1.02. The van der Waals surface area contributed by atoms with Crippen molar-refractivity contribution in [2.75, 3.05) is 9.80 Å². The molecule has 2 aliphatic rings. The van der Waals surface area contributed by atoms with E-state index in [-0.39, 0.29) is 95.8 Å². The molecule has 0 fully saturated rings. The third kappa shape index (κ3) is 8.28. The first kappa shape index (κ1) is 38.3. The number of nitriles is 1. The molecule has 0 saturated heterocycles. The molecule has 94 heavy (non-hydrogen) atoms. The van der Waals surface area contributed by atoms with Crippen LogP contribution in [0.25, 0.3) is 105 Å². The zero-order chi connectivity index (χ0) is 80.7. The molecule has 0 aliphatic carbocycles. The molecule has 0 amide bonds. The normalized spacial score (nSPS) is 15.9. The van der Waals surface area contributed by atoms with Gasteiger partial charge < -0.3 is 23.5 Å². The number of nitrogens with zero attached hydrogens (tertiary/aromatic N) is 6. The highest BCUT2D eigenvalue weighted by molar-refractivity contribution is 7.00. The molecule has 0 unspecified atom stereocenters. The minimum absolute atomic E-state index is 0.0852. The monoisotopic (exact) mass is 1220 g/mol. The Kier molecular flexibility index (Phi) is 8.44. The SMILES string of the molecule is [2H]c1c([2H])c(-c2ccc(N3c4cc(-n5c6c([2H])c([2H])c([2H])c([2H])c6c6c([2H])c([2H])c([2H])c([2H])c65)ccc4B4c5ccc(-n6c7c([2H])c([2H])c([2H])c([2H])c7c7c([2H])c([2H])c([2H])c([2H])c76)cc5N(c5cccc(-n6c7ccccc7c7ccccc76)c5C#N)c5cc(C(C)(C)C)cc3c54)c(-c3ccccc3)c2)c([2H])c(C(C)(C)C)c1[2H]. The molecular weight excluding hydrogens is 1140 g/mol. The fourth-order valence-corrected chi connectivity index (χ4v) is 14.4. The van der Waals surface area contributed by atoms with Crippen molar-refractivity contribution >= 4 is 123 Å². The minimum Gasteiger partial charge on any atom is -0.311 e. The van der Waals surface area contributed by atoms with Crippen LogP contribution < -0.4 is 26.2 Å². The second-order valence-corrected chi connectivity index (χ2v) is 26.1. The van der Waals surface area contributed by atoms with Gasteiger partial charge in [-0.05, 0) is 152 Å². The Labute approximate surface area is 575 Å². The molecule has 5 heterocycles. The van der Waals surface area contributed by atoms with Crippen molar-refractivity contribution in [3.05, 3.63) is 301 Å². The Morgan fingerprint density at radius 1 is 0.351 bits per heavy atom. The zero-order valence-electron chi connectivity index (χ0n) is 71.8. The molecule has 0 atom stereocenters. The van der Waals surface area contributed by atoms with E-state index in [4.69, 9.17) is 9.60 Å². The minimum atomic E-state index is -0.873. The predicted octanol–water partition coefficient (Wildman–Crippen LogP) is 20.9. The Hall–Kier alpha value is -11.6. The van der Waals surface area contributed by atoms with Gasteiger partial charge in [-0.25, -0.2) is 0 Å². The summed E-state index contributed by atoms with van der Waals surface area (Å²) in [7, 11) is 0. The largest absolute Gasteiger partial charge is 0.311 e. The average Bonchev–Trinajstić information content (AvgIpc) is 0.891. The van der Waals surface area contributed by atoms with E-state index < -0.39 is 114 Å². The van der Waals surface area contributed by atoms with Crippen LogP contribution in [-0.2, 0) is 10.8 Å². The summed E-state index contributed by atoms with van der Waals surface area (Å²) in [6, 6.07) is 44.2. The van der Waals surface area contributed by atoms with Crippen molar-refractivity contribution in [3.63, 3.8) is 0 Å². The van der Waals surface area contributed by atoms with E-state index in [1.54, 1.807) is 18.2 Å². The van der Waals surface area contributed by atoms with Gasteiger partial charge in [0.25, 0.3) is 6.71 Å². The highest BCUT2D eigenvalue weighted by atomic mass is 15.2. The molecule has 13 aromatic carbocycles. The molecule has 16 aromatic rings. The van der Waals surface area contributed by atoms with Gasteiger partial charge in [-0.2, -0.15) is 5.26 Å². The Bertz CT molecular complexity index is 6920. The summed E-state index contributed by atoms with van der Waals surface area (Å²) in [6.07, 6.45) is 0. The van der Waals surface area contributed by atoms with Gasteiger partial charge in [-0.1, -0.05) is 229 Å². The number of fused-ring (bicyclic) bond motifs is 13. The number of rotatable bonds is 7. The maximum atomic E-state index is 12.3. The summed E-state index contributed by atoms with van der Waals surface area (Å²) >= 11 is 0. The van der Waals surface area contributed by atoms with E-state index >= 15 is 0 Å². The molecular formula is C87H65BN6. The van der Waals surface area contributed by atoms with E-state index in [9.17, 15) is 23.1 Å². The first-order chi connectivity index (χ1) is 54.2. The first-order valence-corrected chi connectivity index (χ1v) is 31.1. The molecule has 0 saturated carbocycles. The summed E-state index contributed by atoms with van der Waals surface area (Å²) in [5.41, 5.74) is 8.28. The molecule has 446 valence electrons. The third-order valence-electron chi connectivity index (χ3n) is 18.7. The van der Waals surface area contributed by atoms with Gasteiger partial charge in [-0.15, -0.1) is 0 Å². The summed E-state index contributed by atoms with van der Waals surface area (Å²) in [5.74, 6) is 0. The van der Waals surface area contributed by atoms with Crippen LogP contribution in [0.4, 0.5) is 34.1 Å². The molecule has 0 radical (unpaired) electrons. The Morgan fingerprint density at radius 3 is 1.36 bits per heavy atom. The van der Waals surface area contributed by atoms with Crippen molar-refractivity contribution < 1.29 is 27.4 Å². The first-order valence-electron chi connectivity index (χ1n) is 41.1. The van der Waals surface area contributed by atoms with Crippen molar-refractivity contribution in [2.45, 2.75) is 52.4 Å². The molecule has 3 aromatic heterocycles. The van der Waals surface area contributed by atoms with Crippen molar-refractivity contribution in [1.82, 2.24) is 13.7 Å². The number of benzene rings is 13. The van der Waals surface area contributed by atoms with Crippen LogP contribution >= 0.6 is 0 Å². The topological polar surface area (TPSA) is 45.1 Å². The van der Waals surface area contributed by atoms with Crippen LogP contribution in [0.5, 0.6) is 0 Å². The van der Waals surface area contributed by atoms with Crippen molar-refractivity contribution in [2.24, 2.45) is 0 Å². The quantitative estimate of drug-likeness (QED) is 0.149. The number of hydrogen-bond acceptors (Lipinski definition) is 3. The van der Waals surface area contributed by atoms with E-state index in [1.807, 2.05) is 159 Å². The van der Waals surface area contributed by atoms with E-state index in [1.165, 1.54) is 9.13 Å². The lowest BCUT2D eigenvalue weighted by Gasteiger charge is -2.45. The number of aromatic nitrogens is 3. The summed E-state index contributed by atoms with van der Waals surface area (Å²) in [5, 5.41) is 13.7. The molecule has 0 bridgehead atoms. The van der Waals surface area contributed by atoms with Crippen molar-refractivity contribution in [3.8, 4) is 45.4 Å². The lowest BCUT2D eigenvalue weighted by Crippen LogP contribution is -2.61. The standard InChI is InChI=1S/C87H65BN6/c1-86(2,3)58-27-22-26-56(48-58)57-42-47-80(68(49-57)55-24-8-7-9-25-55)94-82-53-61(91-74-36-18-12-30-64(74)65-31-13-19-37-75(65)91)44-46-71(82)88-70-45-43-60(90-72-34-16-10-28-62(72)63-29-11-17-35-73(63)90)52-81(70)93(83-50-59(87(4,5)6)51-84(94)85(83)88)79-41-23-40-78(69(79)54-89)92-76-38-20-14-32-66(76)67-33-15-21-39-77(67)92/h7-53H,1-6H3/i10D,11D,12D,13D,16D,17D,18D,19D,22D,26D,27D,28D,29D,30D,31D,34D,35D,36D,37D,48D.